The smallest absolute Gasteiger partial charge is 0.124 e. The molecule has 4 heteroatoms. The van der Waals surface area contributed by atoms with E-state index in [-0.39, 0.29) is 5.82 Å². The van der Waals surface area contributed by atoms with E-state index in [1.54, 1.807) is 0 Å². The molecule has 1 N–H and O–H groups in total. The largest absolute Gasteiger partial charge is 0.311 e. The Morgan fingerprint density at radius 1 is 1.22 bits per heavy atom. The molecule has 0 aliphatic carbocycles. The summed E-state index contributed by atoms with van der Waals surface area (Å²) in [5.41, 5.74) is -0.435. The average molecular weight is 316 g/mol. The van der Waals surface area contributed by atoms with E-state index in [1.807, 2.05) is 6.07 Å². The van der Waals surface area contributed by atoms with E-state index in [0.29, 0.717) is 35.8 Å². The third-order valence-electron chi connectivity index (χ3n) is 4.00. The van der Waals surface area contributed by atoms with E-state index in [0.717, 1.165) is 18.4 Å². The van der Waals surface area contributed by atoms with Crippen LogP contribution < -0.4 is 5.32 Å². The van der Waals surface area contributed by atoms with Crippen molar-refractivity contribution in [2.24, 2.45) is 0 Å². The fraction of sp³-hybridized carbons (Fsp3) is 0.571. The van der Waals surface area contributed by atoms with E-state index >= 15 is 0 Å². The van der Waals surface area contributed by atoms with Gasteiger partial charge in [-0.25, -0.2) is 8.78 Å². The maximum atomic E-state index is 14.9. The van der Waals surface area contributed by atoms with E-state index in [9.17, 15) is 8.78 Å². The number of nitrogens with one attached hydrogen (secondary N) is 1. The zero-order valence-electron chi connectivity index (χ0n) is 10.1. The van der Waals surface area contributed by atoms with Gasteiger partial charge in [0.1, 0.15) is 11.5 Å². The highest BCUT2D eigenvalue weighted by Crippen LogP contribution is 2.39. The zero-order chi connectivity index (χ0) is 12.8. The molecule has 1 aromatic carbocycles. The second-order valence-corrected chi connectivity index (χ2v) is 6.57. The van der Waals surface area contributed by atoms with Gasteiger partial charge in [0.05, 0.1) is 0 Å². The summed E-state index contributed by atoms with van der Waals surface area (Å²) in [6.45, 7) is 0. The maximum absolute atomic E-state index is 14.9. The Hall–Kier alpha value is -0.480. The number of hydrogen-bond donors (Lipinski definition) is 1. The van der Waals surface area contributed by atoms with Crippen molar-refractivity contribution in [1.29, 1.82) is 0 Å². The Labute approximate surface area is 114 Å². The van der Waals surface area contributed by atoms with Crippen LogP contribution in [0.3, 0.4) is 0 Å². The summed E-state index contributed by atoms with van der Waals surface area (Å²) in [5.74, 6) is -0.306. The van der Waals surface area contributed by atoms with E-state index in [2.05, 4.69) is 21.2 Å². The number of hydrogen-bond acceptors (Lipinski definition) is 1. The number of rotatable bonds is 2. The summed E-state index contributed by atoms with van der Waals surface area (Å²) in [6, 6.07) is 5.28. The van der Waals surface area contributed by atoms with Crippen LogP contribution in [0.4, 0.5) is 8.78 Å². The van der Waals surface area contributed by atoms with Crippen LogP contribution in [0.5, 0.6) is 0 Å². The van der Waals surface area contributed by atoms with Gasteiger partial charge < -0.3 is 5.32 Å². The summed E-state index contributed by atoms with van der Waals surface area (Å²) in [7, 11) is 0. The number of halogens is 3. The van der Waals surface area contributed by atoms with Gasteiger partial charge >= 0.3 is 0 Å². The summed E-state index contributed by atoms with van der Waals surface area (Å²) in [4.78, 5) is 0. The topological polar surface area (TPSA) is 12.0 Å². The molecule has 1 nitrogen and oxygen atoms in total. The Morgan fingerprint density at radius 3 is 2.50 bits per heavy atom. The SMILES string of the molecule is Fc1cc(Br)cc(CC2(F)CC3CCC(C2)N3)c1. The summed E-state index contributed by atoms with van der Waals surface area (Å²) < 4.78 is 28.9. The lowest BCUT2D eigenvalue weighted by Gasteiger charge is -2.35. The number of alkyl halides is 1. The summed E-state index contributed by atoms with van der Waals surface area (Å²) >= 11 is 3.26. The van der Waals surface area contributed by atoms with Crippen LogP contribution in [0.2, 0.25) is 0 Å². The fourth-order valence-corrected chi connectivity index (χ4v) is 3.93. The first-order valence-corrected chi connectivity index (χ1v) is 7.22. The first-order chi connectivity index (χ1) is 8.52. The van der Waals surface area contributed by atoms with Crippen molar-refractivity contribution >= 4 is 15.9 Å². The molecular formula is C14H16BrF2N. The molecular weight excluding hydrogens is 300 g/mol. The van der Waals surface area contributed by atoms with Gasteiger partial charge in [0, 0.05) is 23.0 Å². The predicted molar refractivity (Wildman–Crippen MR) is 70.8 cm³/mol. The molecule has 0 aromatic heterocycles. The average Bonchev–Trinajstić information content (AvgIpc) is 2.56. The highest BCUT2D eigenvalue weighted by molar-refractivity contribution is 9.10. The van der Waals surface area contributed by atoms with Crippen LogP contribution in [-0.4, -0.2) is 17.8 Å². The zero-order valence-corrected chi connectivity index (χ0v) is 11.6. The molecule has 2 heterocycles. The Kier molecular flexibility index (Phi) is 3.18. The lowest BCUT2D eigenvalue weighted by molar-refractivity contribution is 0.0893. The van der Waals surface area contributed by atoms with Gasteiger partial charge in [-0.3, -0.25) is 0 Å². The van der Waals surface area contributed by atoms with Crippen LogP contribution in [0.1, 0.15) is 31.2 Å². The molecule has 3 rings (SSSR count). The van der Waals surface area contributed by atoms with Gasteiger partial charge in [-0.1, -0.05) is 15.9 Å². The first-order valence-electron chi connectivity index (χ1n) is 6.42. The van der Waals surface area contributed by atoms with Crippen molar-refractivity contribution in [2.75, 3.05) is 0 Å². The number of benzene rings is 1. The van der Waals surface area contributed by atoms with E-state index in [4.69, 9.17) is 0 Å². The minimum absolute atomic E-state index is 0.306. The highest BCUT2D eigenvalue weighted by Gasteiger charge is 2.43. The van der Waals surface area contributed by atoms with Crippen LogP contribution in [-0.2, 0) is 6.42 Å². The highest BCUT2D eigenvalue weighted by atomic mass is 79.9. The Balaban J connectivity index is 1.79. The van der Waals surface area contributed by atoms with Crippen LogP contribution in [0.15, 0.2) is 22.7 Å². The van der Waals surface area contributed by atoms with Gasteiger partial charge in [0.15, 0.2) is 0 Å². The molecule has 0 amide bonds. The van der Waals surface area contributed by atoms with E-state index in [1.165, 1.54) is 12.1 Å². The summed E-state index contributed by atoms with van der Waals surface area (Å²) in [6.07, 6.45) is 3.57. The van der Waals surface area contributed by atoms with Gasteiger partial charge in [0.25, 0.3) is 0 Å². The van der Waals surface area contributed by atoms with Crippen molar-refractivity contribution in [1.82, 2.24) is 5.32 Å². The van der Waals surface area contributed by atoms with Crippen molar-refractivity contribution in [3.8, 4) is 0 Å². The van der Waals surface area contributed by atoms with Crippen LogP contribution >= 0.6 is 15.9 Å². The molecule has 0 radical (unpaired) electrons. The van der Waals surface area contributed by atoms with Crippen molar-refractivity contribution in [3.05, 3.63) is 34.1 Å². The number of piperidine rings is 1. The second-order valence-electron chi connectivity index (χ2n) is 5.65. The fourth-order valence-electron chi connectivity index (χ4n) is 3.41. The molecule has 0 saturated carbocycles. The standard InChI is InChI=1S/C14H16BrF2N/c15-10-3-9(4-11(16)5-10)6-14(17)7-12-1-2-13(8-14)18-12/h3-5,12-13,18H,1-2,6-8H2. The van der Waals surface area contributed by atoms with Crippen LogP contribution in [0.25, 0.3) is 0 Å². The third-order valence-corrected chi connectivity index (χ3v) is 4.46. The second kappa shape index (κ2) is 4.57. The monoisotopic (exact) mass is 315 g/mol. The van der Waals surface area contributed by atoms with Crippen molar-refractivity contribution in [3.63, 3.8) is 0 Å². The lowest BCUT2D eigenvalue weighted by Crippen LogP contribution is -2.47. The van der Waals surface area contributed by atoms with E-state index < -0.39 is 5.67 Å². The molecule has 1 aromatic rings. The normalized spacial score (nSPS) is 34.8. The van der Waals surface area contributed by atoms with Gasteiger partial charge in [-0.2, -0.15) is 0 Å². The molecule has 2 saturated heterocycles. The van der Waals surface area contributed by atoms with Crippen LogP contribution in [0, 0.1) is 5.82 Å². The van der Waals surface area contributed by atoms with Gasteiger partial charge in [-0.15, -0.1) is 0 Å². The maximum Gasteiger partial charge on any atom is 0.124 e. The first kappa shape index (κ1) is 12.5. The predicted octanol–water partition coefficient (Wildman–Crippen LogP) is 3.75. The van der Waals surface area contributed by atoms with Gasteiger partial charge in [-0.05, 0) is 49.4 Å². The molecule has 2 aliphatic heterocycles. The quantitative estimate of drug-likeness (QED) is 0.876. The molecule has 2 aliphatic rings. The Bertz CT molecular complexity index is 431. The molecule has 2 fully saturated rings. The molecule has 2 atom stereocenters. The molecule has 0 spiro atoms. The minimum atomic E-state index is -1.18. The molecule has 2 bridgehead atoms. The molecule has 98 valence electrons. The molecule has 18 heavy (non-hydrogen) atoms. The van der Waals surface area contributed by atoms with Gasteiger partial charge in [0.2, 0.25) is 0 Å². The van der Waals surface area contributed by atoms with Crippen molar-refractivity contribution in [2.45, 2.75) is 49.9 Å². The Morgan fingerprint density at radius 2 is 1.89 bits per heavy atom. The van der Waals surface area contributed by atoms with Crippen molar-refractivity contribution < 1.29 is 8.78 Å². The molecule has 2 unspecified atom stereocenters. The lowest BCUT2D eigenvalue weighted by atomic mass is 9.84. The third kappa shape index (κ3) is 2.59. The number of fused-ring (bicyclic) bond motifs is 2. The minimum Gasteiger partial charge on any atom is -0.311 e. The summed E-state index contributed by atoms with van der Waals surface area (Å²) in [5, 5.41) is 3.43.